The summed E-state index contributed by atoms with van der Waals surface area (Å²) in [6.07, 6.45) is 6.43. The molecule has 86 valence electrons. The molecule has 0 saturated heterocycles. The molecule has 2 rings (SSSR count). The van der Waals surface area contributed by atoms with Gasteiger partial charge in [0.2, 0.25) is 5.56 Å². The summed E-state index contributed by atoms with van der Waals surface area (Å²) >= 11 is 0. The maximum Gasteiger partial charge on any atom is 0.252 e. The van der Waals surface area contributed by atoms with Gasteiger partial charge in [0.25, 0.3) is 5.91 Å². The van der Waals surface area contributed by atoms with Crippen LogP contribution in [0.15, 0.2) is 23.1 Å². The quantitative estimate of drug-likeness (QED) is 0.806. The second-order valence-electron chi connectivity index (χ2n) is 4.30. The zero-order valence-corrected chi connectivity index (χ0v) is 9.16. The molecule has 1 heterocycles. The number of hydrogen-bond donors (Lipinski definition) is 2. The lowest BCUT2D eigenvalue weighted by Crippen LogP contribution is -2.28. The van der Waals surface area contributed by atoms with Gasteiger partial charge in [-0.3, -0.25) is 9.59 Å². The van der Waals surface area contributed by atoms with Gasteiger partial charge < -0.3 is 10.3 Å². The predicted octanol–water partition coefficient (Wildman–Crippen LogP) is 1.29. The van der Waals surface area contributed by atoms with Gasteiger partial charge in [0, 0.05) is 18.8 Å². The minimum Gasteiger partial charge on any atom is -0.352 e. The molecule has 1 aliphatic carbocycles. The summed E-state index contributed by atoms with van der Waals surface area (Å²) in [5.41, 5.74) is 0.324. The topological polar surface area (TPSA) is 62.0 Å². The summed E-state index contributed by atoms with van der Waals surface area (Å²) in [4.78, 5) is 25.0. The van der Waals surface area contributed by atoms with E-state index in [-0.39, 0.29) is 11.5 Å². The third-order valence-corrected chi connectivity index (χ3v) is 3.07. The van der Waals surface area contributed by atoms with Gasteiger partial charge in [-0.15, -0.1) is 0 Å². The number of carbonyl (C=O) groups is 1. The van der Waals surface area contributed by atoms with E-state index in [1.54, 1.807) is 6.07 Å². The van der Waals surface area contributed by atoms with Crippen molar-refractivity contribution >= 4 is 5.91 Å². The number of pyridine rings is 1. The van der Waals surface area contributed by atoms with E-state index in [9.17, 15) is 9.59 Å². The van der Waals surface area contributed by atoms with Crippen LogP contribution in [0.2, 0.25) is 0 Å². The fourth-order valence-electron chi connectivity index (χ4n) is 2.11. The van der Waals surface area contributed by atoms with Crippen LogP contribution in [0.5, 0.6) is 0 Å². The Morgan fingerprint density at radius 2 is 2.12 bits per heavy atom. The number of nitrogens with one attached hydrogen (secondary N) is 2. The highest BCUT2D eigenvalue weighted by atomic mass is 16.1. The van der Waals surface area contributed by atoms with Crippen molar-refractivity contribution in [2.75, 3.05) is 6.54 Å². The molecular formula is C12H16N2O2. The third kappa shape index (κ3) is 2.72. The summed E-state index contributed by atoms with van der Waals surface area (Å²) in [7, 11) is 0. The first kappa shape index (κ1) is 10.9. The second kappa shape index (κ2) is 4.96. The Balaban J connectivity index is 1.87. The highest BCUT2D eigenvalue weighted by molar-refractivity contribution is 5.93. The average Bonchev–Trinajstić information content (AvgIpc) is 2.80. The number of aromatic amines is 1. The number of hydrogen-bond acceptors (Lipinski definition) is 2. The van der Waals surface area contributed by atoms with E-state index in [1.807, 2.05) is 0 Å². The molecule has 1 aromatic rings. The molecule has 0 spiro atoms. The van der Waals surface area contributed by atoms with Crippen LogP contribution in [0, 0.1) is 5.92 Å². The van der Waals surface area contributed by atoms with Gasteiger partial charge in [0.1, 0.15) is 0 Å². The highest BCUT2D eigenvalue weighted by Gasteiger charge is 2.15. The molecule has 0 aliphatic heterocycles. The molecule has 2 N–H and O–H groups in total. The number of aromatic nitrogens is 1. The molecule has 0 aromatic carbocycles. The van der Waals surface area contributed by atoms with E-state index in [0.717, 1.165) is 6.54 Å². The van der Waals surface area contributed by atoms with Crippen molar-refractivity contribution < 1.29 is 4.79 Å². The Morgan fingerprint density at radius 3 is 2.75 bits per heavy atom. The first-order chi connectivity index (χ1) is 7.75. The first-order valence-corrected chi connectivity index (χ1v) is 5.72. The maximum atomic E-state index is 11.7. The Kier molecular flexibility index (Phi) is 3.39. The summed E-state index contributed by atoms with van der Waals surface area (Å²) in [5.74, 6) is 0.523. The monoisotopic (exact) mass is 220 g/mol. The lowest BCUT2D eigenvalue weighted by atomic mass is 10.1. The summed E-state index contributed by atoms with van der Waals surface area (Å²) in [5, 5.41) is 2.90. The molecule has 4 nitrogen and oxygen atoms in total. The molecule has 0 atom stereocenters. The number of rotatable bonds is 3. The molecule has 0 radical (unpaired) electrons. The molecule has 1 aliphatic rings. The van der Waals surface area contributed by atoms with Crippen LogP contribution >= 0.6 is 0 Å². The molecule has 0 bridgehead atoms. The smallest absolute Gasteiger partial charge is 0.252 e. The van der Waals surface area contributed by atoms with Crippen molar-refractivity contribution in [3.8, 4) is 0 Å². The Bertz CT molecular complexity index is 399. The Morgan fingerprint density at radius 1 is 1.38 bits per heavy atom. The largest absolute Gasteiger partial charge is 0.352 e. The normalized spacial score (nSPS) is 16.2. The molecule has 1 saturated carbocycles. The lowest BCUT2D eigenvalue weighted by molar-refractivity contribution is 0.0947. The van der Waals surface area contributed by atoms with E-state index in [0.29, 0.717) is 11.5 Å². The van der Waals surface area contributed by atoms with Crippen molar-refractivity contribution in [2.24, 2.45) is 5.92 Å². The summed E-state index contributed by atoms with van der Waals surface area (Å²) in [6.45, 7) is 0.748. The first-order valence-electron chi connectivity index (χ1n) is 5.72. The van der Waals surface area contributed by atoms with E-state index in [2.05, 4.69) is 10.3 Å². The average molecular weight is 220 g/mol. The molecule has 16 heavy (non-hydrogen) atoms. The summed E-state index contributed by atoms with van der Waals surface area (Å²) in [6, 6.07) is 2.91. The minimum absolute atomic E-state index is 0.108. The Labute approximate surface area is 94.1 Å². The fraction of sp³-hybridized carbons (Fsp3) is 0.500. The van der Waals surface area contributed by atoms with Crippen molar-refractivity contribution in [2.45, 2.75) is 25.7 Å². The van der Waals surface area contributed by atoms with E-state index < -0.39 is 0 Å². The summed E-state index contributed by atoms with van der Waals surface area (Å²) < 4.78 is 0. The van der Waals surface area contributed by atoms with Gasteiger partial charge in [-0.1, -0.05) is 12.8 Å². The van der Waals surface area contributed by atoms with Crippen molar-refractivity contribution in [3.63, 3.8) is 0 Å². The van der Waals surface area contributed by atoms with E-state index in [4.69, 9.17) is 0 Å². The van der Waals surface area contributed by atoms with E-state index in [1.165, 1.54) is 37.9 Å². The second-order valence-corrected chi connectivity index (χ2v) is 4.30. The SMILES string of the molecule is O=C(NCC1CCCC1)c1ccc(=O)[nH]c1. The van der Waals surface area contributed by atoms with Crippen LogP contribution in [0.1, 0.15) is 36.0 Å². The van der Waals surface area contributed by atoms with Crippen LogP contribution < -0.4 is 10.9 Å². The molecule has 1 aromatic heterocycles. The van der Waals surface area contributed by atoms with Gasteiger partial charge in [-0.05, 0) is 24.8 Å². The molecular weight excluding hydrogens is 204 g/mol. The Hall–Kier alpha value is -1.58. The van der Waals surface area contributed by atoms with Gasteiger partial charge in [0.15, 0.2) is 0 Å². The van der Waals surface area contributed by atoms with Crippen molar-refractivity contribution in [1.29, 1.82) is 0 Å². The number of H-pyrrole nitrogens is 1. The number of amides is 1. The van der Waals surface area contributed by atoms with Gasteiger partial charge in [0.05, 0.1) is 5.56 Å². The van der Waals surface area contributed by atoms with Gasteiger partial charge >= 0.3 is 0 Å². The molecule has 1 fully saturated rings. The maximum absolute atomic E-state index is 11.7. The van der Waals surface area contributed by atoms with E-state index >= 15 is 0 Å². The third-order valence-electron chi connectivity index (χ3n) is 3.07. The van der Waals surface area contributed by atoms with Crippen LogP contribution in [0.3, 0.4) is 0 Å². The van der Waals surface area contributed by atoms with Crippen molar-refractivity contribution in [3.05, 3.63) is 34.2 Å². The fourth-order valence-corrected chi connectivity index (χ4v) is 2.11. The molecule has 0 unspecified atom stereocenters. The minimum atomic E-state index is -0.188. The highest BCUT2D eigenvalue weighted by Crippen LogP contribution is 2.23. The van der Waals surface area contributed by atoms with Crippen LogP contribution in [-0.2, 0) is 0 Å². The predicted molar refractivity (Wildman–Crippen MR) is 61.4 cm³/mol. The van der Waals surface area contributed by atoms with Crippen LogP contribution in [-0.4, -0.2) is 17.4 Å². The van der Waals surface area contributed by atoms with Gasteiger partial charge in [-0.2, -0.15) is 0 Å². The molecule has 1 amide bonds. The molecule has 4 heteroatoms. The lowest BCUT2D eigenvalue weighted by Gasteiger charge is -2.10. The number of carbonyl (C=O) groups excluding carboxylic acids is 1. The zero-order chi connectivity index (χ0) is 11.4. The van der Waals surface area contributed by atoms with Crippen molar-refractivity contribution in [1.82, 2.24) is 10.3 Å². The van der Waals surface area contributed by atoms with Gasteiger partial charge in [-0.25, -0.2) is 0 Å². The zero-order valence-electron chi connectivity index (χ0n) is 9.16. The van der Waals surface area contributed by atoms with Crippen LogP contribution in [0.25, 0.3) is 0 Å². The standard InChI is InChI=1S/C12H16N2O2/c15-11-6-5-10(8-13-11)12(16)14-7-9-3-1-2-4-9/h5-6,8-9H,1-4,7H2,(H,13,15)(H,14,16). The van der Waals surface area contributed by atoms with Crippen LogP contribution in [0.4, 0.5) is 0 Å².